The van der Waals surface area contributed by atoms with Gasteiger partial charge in [-0.3, -0.25) is 18.7 Å². The number of aliphatic hydroxyl groups excluding tert-OH is 1. The summed E-state index contributed by atoms with van der Waals surface area (Å²) >= 11 is 28.0. The van der Waals surface area contributed by atoms with Gasteiger partial charge in [0.15, 0.2) is 23.1 Å². The average molecular weight is 1850 g/mol. The van der Waals surface area contributed by atoms with E-state index >= 15 is 0 Å². The largest absolute Gasteiger partial charge is 0.498 e. The summed E-state index contributed by atoms with van der Waals surface area (Å²) in [5, 5.41) is 47.3. The smallest absolute Gasteiger partial charge is 0.482 e. The molecule has 0 saturated carbocycles. The highest BCUT2D eigenvalue weighted by Crippen LogP contribution is 2.41. The predicted molar refractivity (Wildman–Crippen MR) is 482 cm³/mol. The van der Waals surface area contributed by atoms with E-state index in [4.69, 9.17) is 86.1 Å². The van der Waals surface area contributed by atoms with Crippen LogP contribution in [0.4, 0.5) is 30.0 Å². The Kier molecular flexibility index (Phi) is 34.8. The van der Waals surface area contributed by atoms with Gasteiger partial charge in [-0.2, -0.15) is 20.4 Å². The molecule has 2 atom stereocenters. The van der Waals surface area contributed by atoms with Crippen molar-refractivity contribution in [1.82, 2.24) is 89.3 Å². The number of rotatable bonds is 13. The number of hydrogen-bond acceptors (Lipinski definition) is 23. The molecule has 15 rings (SSSR count). The number of ether oxygens (including phenoxy) is 4. The van der Waals surface area contributed by atoms with Crippen molar-refractivity contribution < 1.29 is 51.7 Å². The minimum absolute atomic E-state index is 0.0831. The first kappa shape index (κ1) is 97.7. The minimum Gasteiger partial charge on any atom is -0.482 e. The molecule has 6 N–H and O–H groups in total. The van der Waals surface area contributed by atoms with E-state index in [-0.39, 0.29) is 63.9 Å². The summed E-state index contributed by atoms with van der Waals surface area (Å²) < 4.78 is 71.5. The summed E-state index contributed by atoms with van der Waals surface area (Å²) in [5.74, 6) is 0.438. The number of benzene rings is 2. The molecule has 0 radical (unpaired) electrons. The molecule has 123 heavy (non-hydrogen) atoms. The van der Waals surface area contributed by atoms with E-state index in [1.807, 2.05) is 80.6 Å². The molecule has 2 unspecified atom stereocenters. The number of likely N-dealkylation sites (tertiary alicyclic amines) is 5. The highest BCUT2D eigenvalue weighted by Gasteiger charge is 2.52. The van der Waals surface area contributed by atoms with Gasteiger partial charge in [0.05, 0.1) is 86.0 Å². The Balaban J connectivity index is 0.000000160. The fraction of sp³-hybridized carbons (Fsp3) is 0.605. The summed E-state index contributed by atoms with van der Waals surface area (Å²) in [6.07, 6.45) is 25.7. The van der Waals surface area contributed by atoms with E-state index in [0.717, 1.165) is 131 Å². The van der Waals surface area contributed by atoms with E-state index in [1.165, 1.54) is 50.2 Å². The molecule has 0 spiro atoms. The Morgan fingerprint density at radius 3 is 1.28 bits per heavy atom. The average Bonchev–Trinajstić information content (AvgIpc) is 1.62. The maximum atomic E-state index is 13.9. The molecular formula is C86H124BBrCl4F2N20O9. The second kappa shape index (κ2) is 43.8. The fourth-order valence-electron chi connectivity index (χ4n) is 14.8. The van der Waals surface area contributed by atoms with Gasteiger partial charge in [-0.05, 0) is 280 Å². The zero-order valence-corrected chi connectivity index (χ0v) is 78.5. The second-order valence-electron chi connectivity index (χ2n) is 35.8. The van der Waals surface area contributed by atoms with Crippen LogP contribution >= 0.6 is 62.3 Å². The predicted octanol–water partition coefficient (Wildman–Crippen LogP) is 16.6. The fourth-order valence-corrected chi connectivity index (χ4v) is 16.5. The molecule has 0 bridgehead atoms. The van der Waals surface area contributed by atoms with Gasteiger partial charge < -0.3 is 74.6 Å². The Morgan fingerprint density at radius 2 is 0.894 bits per heavy atom. The van der Waals surface area contributed by atoms with E-state index in [9.17, 15) is 23.5 Å². The summed E-state index contributed by atoms with van der Waals surface area (Å²) in [5.41, 5.74) is 15.0. The van der Waals surface area contributed by atoms with Gasteiger partial charge in [-0.15, -0.1) is 20.4 Å². The van der Waals surface area contributed by atoms with Crippen molar-refractivity contribution in [3.05, 3.63) is 133 Å². The number of nitrogens with zero attached hydrogens (tertiary/aromatic N) is 17. The maximum Gasteiger partial charge on any atom is 0.498 e. The quantitative estimate of drug-likeness (QED) is 0.0615. The van der Waals surface area contributed by atoms with Gasteiger partial charge in [-0.1, -0.05) is 53.3 Å². The number of aliphatic hydroxyl groups is 1. The Labute approximate surface area is 751 Å². The first-order valence-corrected chi connectivity index (χ1v) is 44.8. The molecule has 7 fully saturated rings. The first-order chi connectivity index (χ1) is 58.1. The monoisotopic (exact) mass is 1850 g/mol. The van der Waals surface area contributed by atoms with Crippen molar-refractivity contribution in [3.8, 4) is 34.0 Å². The topological polar surface area (TPSA) is 313 Å². The highest BCUT2D eigenvalue weighted by atomic mass is 79.9. The number of anilines is 2. The van der Waals surface area contributed by atoms with Crippen LogP contribution in [0, 0.1) is 17.6 Å². The first-order valence-electron chi connectivity index (χ1n) is 42.5. The lowest BCUT2D eigenvalue weighted by Gasteiger charge is -2.32. The normalized spacial score (nSPS) is 19.2. The van der Waals surface area contributed by atoms with Crippen molar-refractivity contribution in [1.29, 1.82) is 0 Å². The van der Waals surface area contributed by atoms with Gasteiger partial charge in [0.2, 0.25) is 0 Å². The minimum atomic E-state index is -0.656. The molecule has 2 amide bonds. The number of nitrogen functional groups attached to an aromatic ring is 2. The molecule has 8 aromatic rings. The third-order valence-corrected chi connectivity index (χ3v) is 24.9. The molecule has 7 aliphatic heterocycles. The maximum absolute atomic E-state index is 13.9. The van der Waals surface area contributed by atoms with Gasteiger partial charge >= 0.3 is 19.3 Å². The van der Waals surface area contributed by atoms with Crippen LogP contribution in [0.3, 0.4) is 0 Å². The lowest BCUT2D eigenvalue weighted by atomic mass is 9.82. The van der Waals surface area contributed by atoms with Crippen LogP contribution < -0.4 is 31.7 Å². The van der Waals surface area contributed by atoms with Crippen molar-refractivity contribution >= 4 is 98.7 Å². The molecule has 13 heterocycles. The highest BCUT2D eigenvalue weighted by molar-refractivity contribution is 9.10. The number of carbonyl (C=O) groups is 2. The zero-order chi connectivity index (χ0) is 89.4. The molecule has 2 aromatic carbocycles. The SMILES string of the molecule is CC(C)(C)OC(=O)N1CCC(O)CC1.CC(Oc1cc(-c2cnn(C3CCN(C)CC3)c2)nnc1N)c1c(Cl)ccc(F)c1Cl.CC(Oc1cc(-c2cnn(C3CCNCC3)c2)nnc1N)c1c(Cl)ccc(F)c1Cl.CC1CCN(C(=O)OC(C)(C)C)CC1.CN1CCC(n2cc(B3OC(C)(C)C(C)(C)O3)cn2)CC1.CN1CCC(n2cc(Br)cn2)CC1. The molecule has 7 saturated heterocycles. The molecule has 29 nitrogen and oxygen atoms in total. The zero-order valence-electron chi connectivity index (χ0n) is 73.9. The number of hydrogen-bond donors (Lipinski definition) is 4. The van der Waals surface area contributed by atoms with Gasteiger partial charge in [-0.25, -0.2) is 18.4 Å². The van der Waals surface area contributed by atoms with E-state index in [1.54, 1.807) is 43.3 Å². The summed E-state index contributed by atoms with van der Waals surface area (Å²) in [7, 11) is 6.17. The van der Waals surface area contributed by atoms with Crippen LogP contribution in [0.5, 0.6) is 11.5 Å². The number of amides is 2. The number of nitrogens with one attached hydrogen (secondary N) is 1. The molecule has 37 heteroatoms. The molecule has 674 valence electrons. The van der Waals surface area contributed by atoms with Crippen LogP contribution in [0.15, 0.2) is 90.4 Å². The lowest BCUT2D eigenvalue weighted by Crippen LogP contribution is -2.42. The second-order valence-corrected chi connectivity index (χ2v) is 38.3. The van der Waals surface area contributed by atoms with Crippen molar-refractivity contribution in [2.45, 2.75) is 232 Å². The van der Waals surface area contributed by atoms with Gasteiger partial charge in [0.25, 0.3) is 0 Å². The number of nitrogens with two attached hydrogens (primary N) is 2. The molecule has 7 aliphatic rings. The molecule has 6 aromatic heterocycles. The number of carbonyl (C=O) groups excluding carboxylic acids is 2. The van der Waals surface area contributed by atoms with E-state index < -0.39 is 29.4 Å². The lowest BCUT2D eigenvalue weighted by molar-refractivity contribution is 0.00578. The van der Waals surface area contributed by atoms with E-state index in [0.29, 0.717) is 94.2 Å². The molecular weight excluding hydrogens is 1730 g/mol. The number of aromatic nitrogens is 12. The molecule has 0 aliphatic carbocycles. The van der Waals surface area contributed by atoms with Crippen LogP contribution in [-0.2, 0) is 18.8 Å². The Morgan fingerprint density at radius 1 is 0.537 bits per heavy atom. The number of piperidine rings is 6. The standard InChI is InChI=1S/C21H23Cl2FN6O.C20H21Cl2FN6O.C15H26BN3O2.C11H21NO2.C10H19NO3.C9H14BrN3/c1-12(19-15(22)3-4-16(24)20(19)23)31-18-9-17(27-28-21(18)25)13-10-26-30(11-13)14-5-7-29(2)8-6-14;1-11(18-14(21)2-3-15(23)19(18)22)30-17-8-16(27-28-20(17)24)12-9-26-29(10-12)13-4-6-25-7-5-13;1-14(2)15(3,4)21-16(20-14)12-10-17-19(11-12)13-6-8-18(5)9-7-13;1-9-5-7-12(8-6-9)10(13)14-11(2,3)4;1-10(2,3)14-9(13)11-6-4-8(12)5-7-11;1-12-4-2-9(3-5-12)13-7-8(10)6-11-13/h3-4,9-12,14H,5-8H2,1-2H3,(H2,25,28);2-3,8-11,13,25H,4-7H2,1H3,(H2,24,28);10-11,13H,6-9H2,1-5H3;9H,5-8H2,1-4H3;8,12H,4-7H2,1-3H3;6-7,9H,2-5H2,1H3. The van der Waals surface area contributed by atoms with Crippen LogP contribution in [0.1, 0.15) is 215 Å². The van der Waals surface area contributed by atoms with Crippen molar-refractivity contribution in [2.24, 2.45) is 5.92 Å². The van der Waals surface area contributed by atoms with E-state index in [2.05, 4.69) is 154 Å². The van der Waals surface area contributed by atoms with Crippen molar-refractivity contribution in [3.63, 3.8) is 0 Å². The third-order valence-electron chi connectivity index (χ3n) is 23.1. The number of halogens is 7. The Hall–Kier alpha value is -7.54. The van der Waals surface area contributed by atoms with Crippen molar-refractivity contribution in [2.75, 3.05) is 111 Å². The summed E-state index contributed by atoms with van der Waals surface area (Å²) in [4.78, 5) is 33.7. The third kappa shape index (κ3) is 28.0. The van der Waals surface area contributed by atoms with Gasteiger partial charge in [0, 0.05) is 107 Å². The van der Waals surface area contributed by atoms with Crippen LogP contribution in [0.25, 0.3) is 22.5 Å². The van der Waals surface area contributed by atoms with Gasteiger partial charge in [0.1, 0.15) is 35.0 Å². The summed E-state index contributed by atoms with van der Waals surface area (Å²) in [6.45, 7) is 36.8. The van der Waals surface area contributed by atoms with Crippen LogP contribution in [0.2, 0.25) is 20.1 Å². The van der Waals surface area contributed by atoms with Crippen LogP contribution in [-0.4, -0.2) is 237 Å². The summed E-state index contributed by atoms with van der Waals surface area (Å²) in [6, 6.07) is 10.5. The Bertz CT molecular complexity index is 4660.